The number of aromatic nitrogens is 2. The van der Waals surface area contributed by atoms with E-state index >= 15 is 0 Å². The third-order valence-electron chi connectivity index (χ3n) is 6.90. The summed E-state index contributed by atoms with van der Waals surface area (Å²) in [6, 6.07) is 0.609. The third-order valence-corrected chi connectivity index (χ3v) is 6.90. The quantitative estimate of drug-likeness (QED) is 0.921. The number of aryl methyl sites for hydroxylation is 1. The molecule has 0 aliphatic heterocycles. The second kappa shape index (κ2) is 4.84. The first kappa shape index (κ1) is 13.8. The van der Waals surface area contributed by atoms with Crippen molar-refractivity contribution in [1.29, 1.82) is 0 Å². The number of nitrogens with zero attached hydrogens (tertiary/aromatic N) is 2. The maximum Gasteiger partial charge on any atom is 0.0951 e. The fraction of sp³-hybridized carbons (Fsp3) is 0.833. The van der Waals surface area contributed by atoms with Crippen molar-refractivity contribution in [3.8, 4) is 0 Å². The van der Waals surface area contributed by atoms with Crippen molar-refractivity contribution < 1.29 is 0 Å². The molecule has 1 aromatic heterocycles. The molecular formula is C18H29N3. The van der Waals surface area contributed by atoms with Crippen LogP contribution in [-0.2, 0) is 6.54 Å². The van der Waals surface area contributed by atoms with Gasteiger partial charge >= 0.3 is 0 Å². The first-order valence-electron chi connectivity index (χ1n) is 8.75. The van der Waals surface area contributed by atoms with Gasteiger partial charge in [0.2, 0.25) is 0 Å². The van der Waals surface area contributed by atoms with Crippen LogP contribution in [0.15, 0.2) is 6.33 Å². The minimum atomic E-state index is 0.564. The Morgan fingerprint density at radius 2 is 1.76 bits per heavy atom. The van der Waals surface area contributed by atoms with Gasteiger partial charge < -0.3 is 9.88 Å². The van der Waals surface area contributed by atoms with E-state index < -0.39 is 0 Å². The molecule has 3 heteroatoms. The van der Waals surface area contributed by atoms with Gasteiger partial charge in [0.05, 0.1) is 12.0 Å². The number of likely N-dealkylation sites (N-methyl/N-ethyl adjacent to an activating group) is 1. The molecule has 0 amide bonds. The summed E-state index contributed by atoms with van der Waals surface area (Å²) in [5.74, 6) is 3.08. The molecule has 1 atom stereocenters. The number of rotatable bonds is 4. The lowest BCUT2D eigenvalue weighted by molar-refractivity contribution is -0.0754. The zero-order valence-electron chi connectivity index (χ0n) is 13.7. The van der Waals surface area contributed by atoms with E-state index in [0.29, 0.717) is 11.5 Å². The Morgan fingerprint density at radius 3 is 2.19 bits per heavy atom. The number of nitrogens with one attached hydrogen (secondary N) is 1. The molecule has 0 saturated heterocycles. The van der Waals surface area contributed by atoms with Crippen LogP contribution >= 0.6 is 0 Å². The van der Waals surface area contributed by atoms with Crippen LogP contribution in [-0.4, -0.2) is 22.6 Å². The smallest absolute Gasteiger partial charge is 0.0951 e. The van der Waals surface area contributed by atoms with Crippen LogP contribution in [0.25, 0.3) is 0 Å². The monoisotopic (exact) mass is 287 g/mol. The van der Waals surface area contributed by atoms with Crippen molar-refractivity contribution in [3.05, 3.63) is 17.7 Å². The zero-order chi connectivity index (χ0) is 14.6. The Morgan fingerprint density at radius 1 is 1.19 bits per heavy atom. The van der Waals surface area contributed by atoms with Gasteiger partial charge in [-0.15, -0.1) is 0 Å². The zero-order valence-corrected chi connectivity index (χ0v) is 13.7. The summed E-state index contributed by atoms with van der Waals surface area (Å²) in [5, 5.41) is 3.70. The van der Waals surface area contributed by atoms with Crippen LogP contribution in [0.5, 0.6) is 0 Å². The first-order chi connectivity index (χ1) is 10.1. The van der Waals surface area contributed by atoms with Crippen molar-refractivity contribution in [3.63, 3.8) is 0 Å². The van der Waals surface area contributed by atoms with E-state index in [-0.39, 0.29) is 0 Å². The summed E-state index contributed by atoms with van der Waals surface area (Å²) in [5.41, 5.74) is 3.07. The van der Waals surface area contributed by atoms with Gasteiger partial charge in [0.1, 0.15) is 0 Å². The molecule has 5 rings (SSSR count). The fourth-order valence-corrected chi connectivity index (χ4v) is 6.12. The molecule has 0 aromatic carbocycles. The predicted octanol–water partition coefficient (Wildman–Crippen LogP) is 3.30. The second-order valence-electron chi connectivity index (χ2n) is 8.19. The molecule has 21 heavy (non-hydrogen) atoms. The maximum absolute atomic E-state index is 4.49. The molecule has 4 fully saturated rings. The van der Waals surface area contributed by atoms with Crippen molar-refractivity contribution in [2.45, 2.75) is 65.0 Å². The van der Waals surface area contributed by atoms with E-state index in [4.69, 9.17) is 0 Å². The Hall–Kier alpha value is -0.830. The van der Waals surface area contributed by atoms with Gasteiger partial charge in [-0.25, -0.2) is 4.98 Å². The van der Waals surface area contributed by atoms with Crippen LogP contribution in [0.4, 0.5) is 0 Å². The van der Waals surface area contributed by atoms with Gasteiger partial charge in [0.15, 0.2) is 0 Å². The minimum absolute atomic E-state index is 0.564. The maximum atomic E-state index is 4.49. The summed E-state index contributed by atoms with van der Waals surface area (Å²) in [6.45, 7) is 5.41. The lowest BCUT2D eigenvalue weighted by Gasteiger charge is -2.59. The average molecular weight is 287 g/mol. The van der Waals surface area contributed by atoms with E-state index in [1.165, 1.54) is 49.9 Å². The summed E-state index contributed by atoms with van der Waals surface area (Å²) < 4.78 is 2.37. The van der Waals surface area contributed by atoms with Crippen LogP contribution in [0.2, 0.25) is 0 Å². The fourth-order valence-electron chi connectivity index (χ4n) is 6.12. The van der Waals surface area contributed by atoms with Gasteiger partial charge in [-0.1, -0.05) is 0 Å². The Bertz CT molecular complexity index is 495. The van der Waals surface area contributed by atoms with Crippen LogP contribution in [0.3, 0.4) is 0 Å². The minimum Gasteiger partial charge on any atom is -0.333 e. The molecule has 0 spiro atoms. The normalized spacial score (nSPS) is 38.9. The summed E-state index contributed by atoms with van der Waals surface area (Å²) in [4.78, 5) is 4.49. The molecule has 1 aromatic rings. The van der Waals surface area contributed by atoms with Crippen molar-refractivity contribution in [1.82, 2.24) is 14.9 Å². The molecule has 3 nitrogen and oxygen atoms in total. The lowest BCUT2D eigenvalue weighted by Crippen LogP contribution is -2.56. The largest absolute Gasteiger partial charge is 0.333 e. The molecule has 4 aliphatic carbocycles. The van der Waals surface area contributed by atoms with Gasteiger partial charge in [0.25, 0.3) is 0 Å². The van der Waals surface area contributed by atoms with E-state index in [2.05, 4.69) is 35.8 Å². The first-order valence-corrected chi connectivity index (χ1v) is 8.75. The van der Waals surface area contributed by atoms with E-state index in [0.717, 1.165) is 24.3 Å². The van der Waals surface area contributed by atoms with Crippen molar-refractivity contribution in [2.24, 2.45) is 23.2 Å². The number of hydrogen-bond acceptors (Lipinski definition) is 2. The van der Waals surface area contributed by atoms with Crippen molar-refractivity contribution in [2.75, 3.05) is 7.05 Å². The summed E-state index contributed by atoms with van der Waals surface area (Å²) >= 11 is 0. The molecule has 116 valence electrons. The van der Waals surface area contributed by atoms with E-state index in [9.17, 15) is 0 Å². The average Bonchev–Trinajstić information content (AvgIpc) is 2.74. The molecule has 1 N–H and O–H groups in total. The van der Waals surface area contributed by atoms with Gasteiger partial charge in [-0.05, 0) is 82.6 Å². The van der Waals surface area contributed by atoms with E-state index in [1.807, 2.05) is 6.33 Å². The van der Waals surface area contributed by atoms with Crippen LogP contribution in [0.1, 0.15) is 49.9 Å². The highest BCUT2D eigenvalue weighted by Crippen LogP contribution is 2.61. The standard InChI is InChI=1S/C18H29N3/c1-12-13(2)21(11-20-12)10-17(19-3)18-7-14-4-15(8-18)6-16(5-14)9-18/h11,14-17,19H,4-10H2,1-3H3. The Labute approximate surface area is 128 Å². The molecule has 0 radical (unpaired) electrons. The summed E-state index contributed by atoms with van der Waals surface area (Å²) in [7, 11) is 2.17. The number of hydrogen-bond donors (Lipinski definition) is 1. The SMILES string of the molecule is CNC(Cn1cnc(C)c1C)C12CC3CC(CC(C3)C1)C2. The molecule has 1 unspecified atom stereocenters. The molecular weight excluding hydrogens is 258 g/mol. The Kier molecular flexibility index (Phi) is 3.18. The highest BCUT2D eigenvalue weighted by atomic mass is 15.1. The van der Waals surface area contributed by atoms with Crippen LogP contribution < -0.4 is 5.32 Å². The molecule has 4 saturated carbocycles. The lowest BCUT2D eigenvalue weighted by atomic mass is 9.47. The van der Waals surface area contributed by atoms with E-state index in [1.54, 1.807) is 0 Å². The van der Waals surface area contributed by atoms with Gasteiger partial charge in [-0.2, -0.15) is 0 Å². The van der Waals surface area contributed by atoms with Gasteiger partial charge in [0, 0.05) is 18.3 Å². The van der Waals surface area contributed by atoms with Gasteiger partial charge in [-0.3, -0.25) is 0 Å². The Balaban J connectivity index is 1.59. The molecule has 4 bridgehead atoms. The topological polar surface area (TPSA) is 29.9 Å². The molecule has 1 heterocycles. The van der Waals surface area contributed by atoms with Crippen LogP contribution in [0, 0.1) is 37.0 Å². The second-order valence-corrected chi connectivity index (χ2v) is 8.19. The number of imidazole rings is 1. The van der Waals surface area contributed by atoms with Crippen molar-refractivity contribution >= 4 is 0 Å². The molecule has 4 aliphatic rings. The third kappa shape index (κ3) is 2.16. The highest BCUT2D eigenvalue weighted by molar-refractivity contribution is 5.11. The summed E-state index contributed by atoms with van der Waals surface area (Å²) in [6.07, 6.45) is 11.0. The highest BCUT2D eigenvalue weighted by Gasteiger charge is 2.53. The predicted molar refractivity (Wildman–Crippen MR) is 85.2 cm³/mol.